The Morgan fingerprint density at radius 2 is 0.987 bits per heavy atom. The van der Waals surface area contributed by atoms with Crippen molar-refractivity contribution in [3.63, 3.8) is 0 Å². The van der Waals surface area contributed by atoms with E-state index in [1.165, 1.54) is 30.3 Å². The number of fused-ring (bicyclic) bond motifs is 2. The third-order valence-electron chi connectivity index (χ3n) is 10.7. The van der Waals surface area contributed by atoms with Crippen LogP contribution in [0.4, 0.5) is 34.1 Å². The van der Waals surface area contributed by atoms with Crippen LogP contribution in [-0.2, 0) is 20.2 Å². The van der Waals surface area contributed by atoms with Crippen LogP contribution in [0, 0.1) is 13.8 Å². The number of phenolic OH excluding ortho intramolecular Hbond substituents is 1. The van der Waals surface area contributed by atoms with Crippen LogP contribution < -0.4 is 25.2 Å². The number of halogens is 2. The summed E-state index contributed by atoms with van der Waals surface area (Å²) in [5.41, 5.74) is 0.583. The molecule has 8 aromatic rings. The third kappa shape index (κ3) is 14.0. The summed E-state index contributed by atoms with van der Waals surface area (Å²) >= 11 is 12.4. The number of nitrogens with one attached hydrogen (secondary N) is 2. The molecule has 0 aliphatic heterocycles. The van der Waals surface area contributed by atoms with Gasteiger partial charge in [0.05, 0.1) is 39.4 Å². The summed E-state index contributed by atoms with van der Waals surface area (Å²) < 4.78 is 79.6. The van der Waals surface area contributed by atoms with Gasteiger partial charge < -0.3 is 34.9 Å². The molecule has 0 aliphatic rings. The molecule has 0 aliphatic carbocycles. The fourth-order valence-corrected chi connectivity index (χ4v) is 9.54. The van der Waals surface area contributed by atoms with E-state index in [9.17, 15) is 45.7 Å². The average molecular weight is 1120 g/mol. The topological polar surface area (TPSA) is 281 Å². The number of benzene rings is 8. The zero-order valence-electron chi connectivity index (χ0n) is 40.2. The minimum Gasteiger partial charge on any atom is -0.870 e. The molecule has 380 valence electrons. The van der Waals surface area contributed by atoms with E-state index in [1.54, 1.807) is 111 Å². The van der Waals surface area contributed by atoms with Crippen molar-refractivity contribution >= 4 is 149 Å². The Balaban J connectivity index is 0.000000241. The molecule has 0 bridgehead atoms. The largest absolute Gasteiger partial charge is 2.00 e. The predicted molar refractivity (Wildman–Crippen MR) is 284 cm³/mol. The van der Waals surface area contributed by atoms with Gasteiger partial charge in [0.15, 0.2) is 5.75 Å². The van der Waals surface area contributed by atoms with Crippen molar-refractivity contribution in [3.8, 4) is 23.0 Å². The monoisotopic (exact) mass is 1120 g/mol. The maximum atomic E-state index is 13.3. The molecule has 8 aromatic carbocycles. The summed E-state index contributed by atoms with van der Waals surface area (Å²) in [5.74, 6) is -1.20. The molecular formula is C52H42CaCl2N6O12S2. The number of ether oxygens (including phenoxy) is 2. The van der Waals surface area contributed by atoms with Gasteiger partial charge in [0.25, 0.3) is 21.9 Å². The van der Waals surface area contributed by atoms with Crippen molar-refractivity contribution in [2.75, 3.05) is 23.8 Å². The van der Waals surface area contributed by atoms with Crippen LogP contribution >= 0.6 is 23.2 Å². The Morgan fingerprint density at radius 3 is 1.45 bits per heavy atom. The number of rotatable bonds is 14. The van der Waals surface area contributed by atoms with E-state index >= 15 is 0 Å². The van der Waals surface area contributed by atoms with Crippen LogP contribution in [0.2, 0.25) is 10.0 Å². The number of hydrogen-bond acceptors (Lipinski definition) is 15. The van der Waals surface area contributed by atoms with E-state index in [0.29, 0.717) is 68.8 Å². The molecule has 0 radical (unpaired) electrons. The molecule has 0 heterocycles. The minimum atomic E-state index is -4.94. The number of anilines is 2. The van der Waals surface area contributed by atoms with Crippen LogP contribution in [-0.4, -0.2) is 93.8 Å². The van der Waals surface area contributed by atoms with Gasteiger partial charge in [-0.1, -0.05) is 77.5 Å². The van der Waals surface area contributed by atoms with Gasteiger partial charge in [0.1, 0.15) is 43.6 Å². The van der Waals surface area contributed by atoms with Crippen molar-refractivity contribution in [2.45, 2.75) is 37.5 Å². The summed E-state index contributed by atoms with van der Waals surface area (Å²) in [6, 6.07) is 35.1. The summed E-state index contributed by atoms with van der Waals surface area (Å²) in [5, 5.41) is 47.4. The van der Waals surface area contributed by atoms with Crippen molar-refractivity contribution in [1.82, 2.24) is 0 Å². The summed E-state index contributed by atoms with van der Waals surface area (Å²) in [7, 11) is -9.61. The molecule has 0 saturated heterocycles. The van der Waals surface area contributed by atoms with E-state index in [1.807, 2.05) is 13.8 Å². The average Bonchev–Trinajstić information content (AvgIpc) is 3.34. The molecule has 23 heteroatoms. The molecular weight excluding hydrogens is 1080 g/mol. The van der Waals surface area contributed by atoms with E-state index < -0.39 is 59.0 Å². The number of carbonyl (C=O) groups excluding carboxylic acids is 2. The molecule has 0 atom stereocenters. The fourth-order valence-electron chi connectivity index (χ4n) is 7.36. The molecule has 0 saturated carbocycles. The first kappa shape index (κ1) is 57.6. The number of nitrogens with zero attached hydrogens (tertiary/aromatic N) is 4. The first-order valence-corrected chi connectivity index (χ1v) is 25.7. The maximum Gasteiger partial charge on any atom is 2.00 e. The van der Waals surface area contributed by atoms with Gasteiger partial charge in [-0.15, -0.1) is 15.3 Å². The molecule has 18 nitrogen and oxygen atoms in total. The molecule has 0 aromatic heterocycles. The van der Waals surface area contributed by atoms with Crippen molar-refractivity contribution in [2.24, 2.45) is 20.5 Å². The van der Waals surface area contributed by atoms with Gasteiger partial charge in [0.2, 0.25) is 0 Å². The van der Waals surface area contributed by atoms with Crippen LogP contribution in [0.3, 0.4) is 0 Å². The van der Waals surface area contributed by atoms with Gasteiger partial charge in [-0.05, 0) is 135 Å². The van der Waals surface area contributed by atoms with Crippen molar-refractivity contribution < 1.29 is 55.2 Å². The molecule has 2 amide bonds. The number of carbonyl (C=O) groups is 2. The minimum absolute atomic E-state index is 0. The van der Waals surface area contributed by atoms with Crippen LogP contribution in [0.25, 0.3) is 21.5 Å². The van der Waals surface area contributed by atoms with Gasteiger partial charge in [0, 0.05) is 27.7 Å². The standard InChI is InChI=1S/2C26H22ClN3O6S.Ca/c2*1-3-36-18-10-8-17(9-11-18)28-26(32)20-14-16-6-4-5-7-19(16)23(25(20)31)29-30-24-21(27)12-15(2)13-22(24)37(33,34)35;/h2*4-14,31H,3H2,1-2H3,(H,28,32)(H,33,34,35);/q;;+2/p-2. The van der Waals surface area contributed by atoms with Crippen molar-refractivity contribution in [3.05, 3.63) is 166 Å². The molecule has 0 unspecified atom stereocenters. The predicted octanol–water partition coefficient (Wildman–Crippen LogP) is 12.3. The van der Waals surface area contributed by atoms with Crippen LogP contribution in [0.1, 0.15) is 45.7 Å². The Hall–Kier alpha value is -6.72. The zero-order chi connectivity index (χ0) is 53.5. The number of aryl methyl sites for hydroxylation is 2. The zero-order valence-corrected chi connectivity index (χ0v) is 45.5. The van der Waals surface area contributed by atoms with Crippen molar-refractivity contribution in [1.29, 1.82) is 0 Å². The normalized spacial score (nSPS) is 11.5. The van der Waals surface area contributed by atoms with Crippen LogP contribution in [0.15, 0.2) is 164 Å². The van der Waals surface area contributed by atoms with Crippen LogP contribution in [0.5, 0.6) is 23.0 Å². The Bertz CT molecular complexity index is 3530. The second kappa shape index (κ2) is 24.7. The molecule has 8 rings (SSSR count). The van der Waals surface area contributed by atoms with Gasteiger partial charge in [-0.25, -0.2) is 8.42 Å². The number of aromatic hydroxyl groups is 1. The second-order valence-corrected chi connectivity index (χ2v) is 19.6. The summed E-state index contributed by atoms with van der Waals surface area (Å²) in [4.78, 5) is 24.9. The number of phenols is 1. The Morgan fingerprint density at radius 1 is 0.587 bits per heavy atom. The number of amides is 2. The number of azo groups is 2. The number of hydrogen-bond donors (Lipinski definition) is 4. The molecule has 0 spiro atoms. The quantitative estimate of drug-likeness (QED) is 0.0449. The van der Waals surface area contributed by atoms with Gasteiger partial charge >= 0.3 is 37.7 Å². The maximum absolute atomic E-state index is 13.3. The van der Waals surface area contributed by atoms with E-state index in [4.69, 9.17) is 32.7 Å². The Kier molecular flexibility index (Phi) is 19.0. The summed E-state index contributed by atoms with van der Waals surface area (Å²) in [6.45, 7) is 7.89. The first-order chi connectivity index (χ1) is 35.2. The summed E-state index contributed by atoms with van der Waals surface area (Å²) in [6.07, 6.45) is 0. The molecule has 75 heavy (non-hydrogen) atoms. The van der Waals surface area contributed by atoms with Gasteiger partial charge in [-0.3, -0.25) is 14.1 Å². The molecule has 0 fully saturated rings. The Labute approximate surface area is 470 Å². The van der Waals surface area contributed by atoms with E-state index in [-0.39, 0.29) is 76.0 Å². The van der Waals surface area contributed by atoms with E-state index in [2.05, 4.69) is 31.1 Å². The third-order valence-corrected chi connectivity index (χ3v) is 13.0. The first-order valence-electron chi connectivity index (χ1n) is 22.1. The van der Waals surface area contributed by atoms with Gasteiger partial charge in [-0.2, -0.15) is 13.5 Å². The second-order valence-electron chi connectivity index (χ2n) is 16.0. The smallest absolute Gasteiger partial charge is 0.870 e. The molecule has 4 N–H and O–H groups in total. The fraction of sp³-hybridized carbons (Fsp3) is 0.115. The van der Waals surface area contributed by atoms with E-state index in [0.717, 1.165) is 6.07 Å². The SMILES string of the molecule is CCOc1ccc(NC(=O)c2cc3ccccc3c(N=Nc3c(Cl)cc(C)cc3S(=O)(=O)O)c2O)cc1.CCOc1ccc(NC(=O)c2cc3ccccc3c(N=Nc3c(Cl)cc(C)cc3S(=O)(=O)[O-])c2[O-])cc1.[Ca+2].